The smallest absolute Gasteiger partial charge is 0.244 e. The molecule has 0 radical (unpaired) electrons. The van der Waals surface area contributed by atoms with Crippen LogP contribution in [0.1, 0.15) is 24.1 Å². The van der Waals surface area contributed by atoms with Crippen molar-refractivity contribution in [3.63, 3.8) is 0 Å². The molecule has 0 aliphatic rings. The largest absolute Gasteiger partial charge is 0.399 e. The van der Waals surface area contributed by atoms with Crippen molar-refractivity contribution in [2.45, 2.75) is 24.8 Å². The van der Waals surface area contributed by atoms with Crippen molar-refractivity contribution in [1.29, 1.82) is 0 Å². The predicted octanol–water partition coefficient (Wildman–Crippen LogP) is 2.76. The molecule has 0 bridgehead atoms. The van der Waals surface area contributed by atoms with Crippen molar-refractivity contribution in [2.24, 2.45) is 0 Å². The highest BCUT2D eigenvalue weighted by Crippen LogP contribution is 2.23. The Balaban J connectivity index is 2.35. The second kappa shape index (κ2) is 5.83. The fourth-order valence-electron chi connectivity index (χ4n) is 2.07. The van der Waals surface area contributed by atoms with Crippen LogP contribution in [0.25, 0.3) is 0 Å². The van der Waals surface area contributed by atoms with E-state index in [1.807, 2.05) is 18.2 Å². The van der Waals surface area contributed by atoms with E-state index < -0.39 is 26.8 Å². The zero-order valence-corrected chi connectivity index (χ0v) is 12.6. The Morgan fingerprint density at radius 1 is 1.19 bits per heavy atom. The van der Waals surface area contributed by atoms with E-state index in [1.165, 1.54) is 13.0 Å². The molecule has 0 aromatic heterocycles. The van der Waals surface area contributed by atoms with E-state index in [1.54, 1.807) is 19.1 Å². The minimum Gasteiger partial charge on any atom is -0.399 e. The van der Waals surface area contributed by atoms with Crippen molar-refractivity contribution in [1.82, 2.24) is 4.72 Å². The fourth-order valence-corrected chi connectivity index (χ4v) is 3.48. The monoisotopic (exact) mass is 308 g/mol. The van der Waals surface area contributed by atoms with E-state index in [9.17, 15) is 12.8 Å². The minimum atomic E-state index is -3.99. The van der Waals surface area contributed by atoms with E-state index in [2.05, 4.69) is 4.72 Å². The van der Waals surface area contributed by atoms with E-state index in [0.29, 0.717) is 0 Å². The Kier molecular flexibility index (Phi) is 4.29. The number of hydrogen-bond donors (Lipinski definition) is 2. The highest BCUT2D eigenvalue weighted by atomic mass is 32.2. The second-order valence-electron chi connectivity index (χ2n) is 4.90. The van der Waals surface area contributed by atoms with Gasteiger partial charge in [-0.25, -0.2) is 17.5 Å². The van der Waals surface area contributed by atoms with Gasteiger partial charge in [0.05, 0.1) is 0 Å². The van der Waals surface area contributed by atoms with Gasteiger partial charge < -0.3 is 5.73 Å². The van der Waals surface area contributed by atoms with Crippen LogP contribution in [0.3, 0.4) is 0 Å². The van der Waals surface area contributed by atoms with Gasteiger partial charge >= 0.3 is 0 Å². The summed E-state index contributed by atoms with van der Waals surface area (Å²) in [6, 6.07) is 11.1. The normalized spacial score (nSPS) is 13.1. The van der Waals surface area contributed by atoms with Gasteiger partial charge in [0, 0.05) is 11.7 Å². The summed E-state index contributed by atoms with van der Waals surface area (Å²) in [5.74, 6) is -0.781. The summed E-state index contributed by atoms with van der Waals surface area (Å²) in [5, 5.41) is 0. The second-order valence-corrected chi connectivity index (χ2v) is 6.59. The number of nitrogens with two attached hydrogens (primary N) is 1. The molecule has 4 nitrogen and oxygen atoms in total. The Morgan fingerprint density at radius 2 is 1.81 bits per heavy atom. The van der Waals surface area contributed by atoms with E-state index in [0.717, 1.165) is 11.6 Å². The molecular formula is C15H17FN2O2S. The molecule has 112 valence electrons. The Morgan fingerprint density at radius 3 is 2.43 bits per heavy atom. The van der Waals surface area contributed by atoms with Crippen molar-refractivity contribution in [3.8, 4) is 0 Å². The number of rotatable bonds is 4. The zero-order chi connectivity index (χ0) is 15.6. The standard InChI is InChI=1S/C15H17FN2O2S/c1-10-8-13(17)9-14(15(10)16)21(19,20)18-11(2)12-6-4-3-5-7-12/h3-9,11,18H,17H2,1-2H3/t11-/m1/s1. The maximum atomic E-state index is 14.1. The molecule has 3 N–H and O–H groups in total. The molecule has 1 atom stereocenters. The van der Waals surface area contributed by atoms with Crippen LogP contribution in [-0.4, -0.2) is 8.42 Å². The van der Waals surface area contributed by atoms with Crippen LogP contribution in [0.5, 0.6) is 0 Å². The molecule has 0 saturated heterocycles. The molecule has 0 aliphatic carbocycles. The molecule has 0 spiro atoms. The minimum absolute atomic E-state index is 0.197. The topological polar surface area (TPSA) is 72.2 Å². The number of halogens is 1. The lowest BCUT2D eigenvalue weighted by molar-refractivity contribution is 0.544. The Hall–Kier alpha value is -1.92. The summed E-state index contributed by atoms with van der Waals surface area (Å²) < 4.78 is 41.2. The van der Waals surface area contributed by atoms with Gasteiger partial charge in [0.15, 0.2) is 0 Å². The maximum absolute atomic E-state index is 14.1. The molecule has 6 heteroatoms. The third-order valence-corrected chi connectivity index (χ3v) is 4.70. The summed E-state index contributed by atoms with van der Waals surface area (Å²) >= 11 is 0. The average molecular weight is 308 g/mol. The average Bonchev–Trinajstić information content (AvgIpc) is 2.43. The van der Waals surface area contributed by atoms with Gasteiger partial charge in [0.1, 0.15) is 10.7 Å². The molecule has 0 saturated carbocycles. The highest BCUT2D eigenvalue weighted by Gasteiger charge is 2.23. The van der Waals surface area contributed by atoms with Gasteiger partial charge in [-0.3, -0.25) is 0 Å². The first-order valence-electron chi connectivity index (χ1n) is 6.44. The number of benzene rings is 2. The summed E-state index contributed by atoms with van der Waals surface area (Å²) in [6.07, 6.45) is 0. The lowest BCUT2D eigenvalue weighted by Gasteiger charge is -2.16. The summed E-state index contributed by atoms with van der Waals surface area (Å²) in [6.45, 7) is 3.18. The van der Waals surface area contributed by atoms with Gasteiger partial charge in [-0.05, 0) is 37.1 Å². The van der Waals surface area contributed by atoms with E-state index >= 15 is 0 Å². The van der Waals surface area contributed by atoms with Crippen LogP contribution < -0.4 is 10.5 Å². The summed E-state index contributed by atoms with van der Waals surface area (Å²) in [5.41, 5.74) is 6.81. The Labute approximate surface area is 123 Å². The predicted molar refractivity (Wildman–Crippen MR) is 80.7 cm³/mol. The first-order chi connectivity index (χ1) is 9.81. The van der Waals surface area contributed by atoms with Crippen LogP contribution in [0.4, 0.5) is 10.1 Å². The summed E-state index contributed by atoms with van der Waals surface area (Å²) in [4.78, 5) is -0.428. The number of nitrogen functional groups attached to an aromatic ring is 1. The van der Waals surface area contributed by atoms with Gasteiger partial charge in [-0.1, -0.05) is 30.3 Å². The van der Waals surface area contributed by atoms with Gasteiger partial charge in [-0.2, -0.15) is 0 Å². The first-order valence-corrected chi connectivity index (χ1v) is 7.92. The Bertz CT molecular complexity index is 746. The molecule has 0 heterocycles. The number of sulfonamides is 1. The third kappa shape index (κ3) is 3.40. The van der Waals surface area contributed by atoms with Crippen molar-refractivity contribution >= 4 is 15.7 Å². The number of nitrogens with one attached hydrogen (secondary N) is 1. The van der Waals surface area contributed by atoms with Gasteiger partial charge in [0.25, 0.3) is 0 Å². The SMILES string of the molecule is Cc1cc(N)cc(S(=O)(=O)N[C@H](C)c2ccccc2)c1F. The highest BCUT2D eigenvalue weighted by molar-refractivity contribution is 7.89. The van der Waals surface area contributed by atoms with E-state index in [4.69, 9.17) is 5.73 Å². The summed E-state index contributed by atoms with van der Waals surface area (Å²) in [7, 11) is -3.99. The number of hydrogen-bond acceptors (Lipinski definition) is 3. The number of anilines is 1. The molecule has 0 aliphatic heterocycles. The molecule has 0 fully saturated rings. The van der Waals surface area contributed by atoms with Gasteiger partial charge in [0.2, 0.25) is 10.0 Å². The lowest BCUT2D eigenvalue weighted by atomic mass is 10.1. The van der Waals surface area contributed by atoms with Gasteiger partial charge in [-0.15, -0.1) is 0 Å². The number of aryl methyl sites for hydroxylation is 1. The van der Waals surface area contributed by atoms with Crippen LogP contribution >= 0.6 is 0 Å². The van der Waals surface area contributed by atoms with Crippen LogP contribution in [0.2, 0.25) is 0 Å². The van der Waals surface area contributed by atoms with E-state index in [-0.39, 0.29) is 11.3 Å². The molecule has 2 aromatic rings. The van der Waals surface area contributed by atoms with Crippen molar-refractivity contribution in [3.05, 3.63) is 59.4 Å². The molecule has 2 rings (SSSR count). The molecule has 0 amide bonds. The van der Waals surface area contributed by atoms with Crippen LogP contribution in [0.15, 0.2) is 47.4 Å². The maximum Gasteiger partial charge on any atom is 0.244 e. The molecular weight excluding hydrogens is 291 g/mol. The van der Waals surface area contributed by atoms with Crippen molar-refractivity contribution < 1.29 is 12.8 Å². The third-order valence-electron chi connectivity index (χ3n) is 3.16. The van der Waals surface area contributed by atoms with Crippen LogP contribution in [-0.2, 0) is 10.0 Å². The molecule has 21 heavy (non-hydrogen) atoms. The first kappa shape index (κ1) is 15.5. The van der Waals surface area contributed by atoms with Crippen LogP contribution in [0, 0.1) is 12.7 Å². The fraction of sp³-hybridized carbons (Fsp3) is 0.200. The zero-order valence-electron chi connectivity index (χ0n) is 11.8. The molecule has 0 unspecified atom stereocenters. The quantitative estimate of drug-likeness (QED) is 0.853. The lowest BCUT2D eigenvalue weighted by Crippen LogP contribution is -2.28. The molecule has 2 aromatic carbocycles. The van der Waals surface area contributed by atoms with Crippen molar-refractivity contribution in [2.75, 3.05) is 5.73 Å².